The van der Waals surface area contributed by atoms with Crippen LogP contribution < -0.4 is 0 Å². The van der Waals surface area contributed by atoms with Crippen LogP contribution in [0.4, 0.5) is 0 Å². The quantitative estimate of drug-likeness (QED) is 0.539. The highest BCUT2D eigenvalue weighted by Crippen LogP contribution is 2.17. The Kier molecular flexibility index (Phi) is 1.59. The van der Waals surface area contributed by atoms with Crippen LogP contribution in [-0.2, 0) is 0 Å². The number of carbonyl (C=O) groups excluding carboxylic acids is 1. The van der Waals surface area contributed by atoms with Crippen molar-refractivity contribution >= 4 is 28.9 Å². The molecule has 2 aromatic heterocycles. The van der Waals surface area contributed by atoms with Crippen molar-refractivity contribution in [2.24, 2.45) is 0 Å². The molecule has 0 saturated heterocycles. The SMILES string of the molecule is O=Cc1cc2[nH]ccc2nc1Cl. The smallest absolute Gasteiger partial charge is 0.153 e. The van der Waals surface area contributed by atoms with E-state index in [1.54, 1.807) is 18.3 Å². The fourth-order valence-corrected chi connectivity index (χ4v) is 1.25. The highest BCUT2D eigenvalue weighted by molar-refractivity contribution is 6.32. The first kappa shape index (κ1) is 7.31. The maximum atomic E-state index is 10.5. The zero-order valence-electron chi connectivity index (χ0n) is 6.04. The molecule has 0 aliphatic rings. The lowest BCUT2D eigenvalue weighted by atomic mass is 10.3. The minimum atomic E-state index is 0.247. The Morgan fingerprint density at radius 3 is 3.17 bits per heavy atom. The van der Waals surface area contributed by atoms with Gasteiger partial charge in [0.15, 0.2) is 6.29 Å². The molecular weight excluding hydrogens is 176 g/mol. The molecule has 0 bridgehead atoms. The number of hydrogen-bond acceptors (Lipinski definition) is 2. The van der Waals surface area contributed by atoms with Crippen molar-refractivity contribution in [3.63, 3.8) is 0 Å². The largest absolute Gasteiger partial charge is 0.360 e. The summed E-state index contributed by atoms with van der Waals surface area (Å²) in [5.41, 5.74) is 2.00. The van der Waals surface area contributed by atoms with Crippen molar-refractivity contribution in [1.29, 1.82) is 0 Å². The van der Waals surface area contributed by atoms with Gasteiger partial charge in [0.2, 0.25) is 0 Å². The third kappa shape index (κ3) is 0.987. The van der Waals surface area contributed by atoms with Crippen LogP contribution in [0.5, 0.6) is 0 Å². The Hall–Kier alpha value is -1.35. The van der Waals surface area contributed by atoms with Crippen LogP contribution in [0.1, 0.15) is 10.4 Å². The van der Waals surface area contributed by atoms with Crippen molar-refractivity contribution < 1.29 is 4.79 Å². The summed E-state index contributed by atoms with van der Waals surface area (Å²) in [5.74, 6) is 0. The van der Waals surface area contributed by atoms with E-state index in [0.717, 1.165) is 11.0 Å². The average Bonchev–Trinajstić information content (AvgIpc) is 2.49. The standard InChI is InChI=1S/C8H5ClN2O/c9-8-5(4-12)3-7-6(11-8)1-2-10-7/h1-4,10H. The average molecular weight is 181 g/mol. The Balaban J connectivity index is 2.81. The normalized spacial score (nSPS) is 10.4. The molecule has 0 atom stereocenters. The molecule has 0 radical (unpaired) electrons. The molecule has 0 spiro atoms. The van der Waals surface area contributed by atoms with Gasteiger partial charge in [0.1, 0.15) is 5.15 Å². The molecule has 0 aromatic carbocycles. The molecule has 0 unspecified atom stereocenters. The van der Waals surface area contributed by atoms with Crippen molar-refractivity contribution in [3.8, 4) is 0 Å². The third-order valence-electron chi connectivity index (χ3n) is 1.64. The molecule has 2 heterocycles. The minimum Gasteiger partial charge on any atom is -0.360 e. The first-order chi connectivity index (χ1) is 5.81. The Morgan fingerprint density at radius 1 is 1.58 bits per heavy atom. The number of hydrogen-bond donors (Lipinski definition) is 1. The number of fused-ring (bicyclic) bond motifs is 1. The Morgan fingerprint density at radius 2 is 2.42 bits per heavy atom. The lowest BCUT2D eigenvalue weighted by molar-refractivity contribution is 0.112. The number of nitrogens with zero attached hydrogens (tertiary/aromatic N) is 1. The summed E-state index contributed by atoms with van der Waals surface area (Å²) >= 11 is 5.70. The molecule has 2 rings (SSSR count). The van der Waals surface area contributed by atoms with Crippen LogP contribution >= 0.6 is 11.6 Å². The molecule has 4 heteroatoms. The molecule has 0 aliphatic heterocycles. The highest BCUT2D eigenvalue weighted by atomic mass is 35.5. The predicted molar refractivity (Wildman–Crippen MR) is 46.5 cm³/mol. The van der Waals surface area contributed by atoms with Crippen molar-refractivity contribution in [2.45, 2.75) is 0 Å². The Labute approximate surface area is 73.4 Å². The monoisotopic (exact) mass is 180 g/mol. The van der Waals surface area contributed by atoms with Crippen LogP contribution in [0.25, 0.3) is 11.0 Å². The summed E-state index contributed by atoms with van der Waals surface area (Å²) in [6.45, 7) is 0. The second-order valence-corrected chi connectivity index (χ2v) is 2.75. The molecular formula is C8H5ClN2O. The van der Waals surface area contributed by atoms with Crippen LogP contribution in [0, 0.1) is 0 Å². The number of rotatable bonds is 1. The third-order valence-corrected chi connectivity index (χ3v) is 1.94. The zero-order valence-corrected chi connectivity index (χ0v) is 6.80. The van der Waals surface area contributed by atoms with Gasteiger partial charge < -0.3 is 4.98 Å². The molecule has 2 aromatic rings. The number of aldehydes is 1. The van der Waals surface area contributed by atoms with Crippen LogP contribution in [0.15, 0.2) is 18.3 Å². The van der Waals surface area contributed by atoms with E-state index in [-0.39, 0.29) is 5.15 Å². The topological polar surface area (TPSA) is 45.8 Å². The molecule has 60 valence electrons. The van der Waals surface area contributed by atoms with Gasteiger partial charge in [0.05, 0.1) is 16.6 Å². The predicted octanol–water partition coefficient (Wildman–Crippen LogP) is 2.03. The fourth-order valence-electron chi connectivity index (χ4n) is 1.06. The maximum Gasteiger partial charge on any atom is 0.153 e. The number of halogens is 1. The number of aromatic amines is 1. The van der Waals surface area contributed by atoms with E-state index in [2.05, 4.69) is 9.97 Å². The Bertz CT molecular complexity index is 436. The summed E-state index contributed by atoms with van der Waals surface area (Å²) < 4.78 is 0. The number of pyridine rings is 1. The summed E-state index contributed by atoms with van der Waals surface area (Å²) in [6.07, 6.45) is 2.44. The van der Waals surface area contributed by atoms with E-state index in [1.165, 1.54) is 0 Å². The maximum absolute atomic E-state index is 10.5. The van der Waals surface area contributed by atoms with E-state index >= 15 is 0 Å². The summed E-state index contributed by atoms with van der Waals surface area (Å²) in [6, 6.07) is 3.48. The molecule has 0 fully saturated rings. The van der Waals surface area contributed by atoms with Crippen molar-refractivity contribution in [1.82, 2.24) is 9.97 Å². The van der Waals surface area contributed by atoms with E-state index < -0.39 is 0 Å². The van der Waals surface area contributed by atoms with Gasteiger partial charge in [-0.3, -0.25) is 4.79 Å². The van der Waals surface area contributed by atoms with Crippen LogP contribution in [-0.4, -0.2) is 16.3 Å². The number of nitrogens with one attached hydrogen (secondary N) is 1. The molecule has 0 amide bonds. The van der Waals surface area contributed by atoms with Gasteiger partial charge in [-0.05, 0) is 12.1 Å². The number of H-pyrrole nitrogens is 1. The summed E-state index contributed by atoms with van der Waals surface area (Å²) in [5, 5.41) is 0.247. The lowest BCUT2D eigenvalue weighted by Crippen LogP contribution is -1.85. The first-order valence-corrected chi connectivity index (χ1v) is 3.78. The van der Waals surface area contributed by atoms with E-state index in [0.29, 0.717) is 11.8 Å². The fraction of sp³-hybridized carbons (Fsp3) is 0. The van der Waals surface area contributed by atoms with Gasteiger partial charge in [-0.25, -0.2) is 4.98 Å². The zero-order chi connectivity index (χ0) is 8.55. The second-order valence-electron chi connectivity index (χ2n) is 2.40. The van der Waals surface area contributed by atoms with Gasteiger partial charge in [-0.1, -0.05) is 11.6 Å². The first-order valence-electron chi connectivity index (χ1n) is 3.40. The van der Waals surface area contributed by atoms with Crippen molar-refractivity contribution in [2.75, 3.05) is 0 Å². The lowest BCUT2D eigenvalue weighted by Gasteiger charge is -1.94. The van der Waals surface area contributed by atoms with Gasteiger partial charge in [0, 0.05) is 6.20 Å². The van der Waals surface area contributed by atoms with Crippen LogP contribution in [0.2, 0.25) is 5.15 Å². The molecule has 1 N–H and O–H groups in total. The van der Waals surface area contributed by atoms with E-state index in [4.69, 9.17) is 11.6 Å². The van der Waals surface area contributed by atoms with Gasteiger partial charge in [-0.2, -0.15) is 0 Å². The second kappa shape index (κ2) is 2.60. The van der Waals surface area contributed by atoms with Gasteiger partial charge in [0.25, 0.3) is 0 Å². The molecule has 0 saturated carbocycles. The van der Waals surface area contributed by atoms with Gasteiger partial charge >= 0.3 is 0 Å². The number of aromatic nitrogens is 2. The molecule has 3 nitrogen and oxygen atoms in total. The van der Waals surface area contributed by atoms with Crippen LogP contribution in [0.3, 0.4) is 0 Å². The van der Waals surface area contributed by atoms with E-state index in [9.17, 15) is 4.79 Å². The molecule has 12 heavy (non-hydrogen) atoms. The number of carbonyl (C=O) groups is 1. The summed E-state index contributed by atoms with van der Waals surface area (Å²) in [4.78, 5) is 17.4. The highest BCUT2D eigenvalue weighted by Gasteiger charge is 2.03. The molecule has 0 aliphatic carbocycles. The van der Waals surface area contributed by atoms with Gasteiger partial charge in [-0.15, -0.1) is 0 Å². The minimum absolute atomic E-state index is 0.247. The van der Waals surface area contributed by atoms with Crippen molar-refractivity contribution in [3.05, 3.63) is 29.0 Å². The summed E-state index contributed by atoms with van der Waals surface area (Å²) in [7, 11) is 0. The van der Waals surface area contributed by atoms with E-state index in [1.807, 2.05) is 0 Å².